The molecule has 1 aliphatic heterocycles. The summed E-state index contributed by atoms with van der Waals surface area (Å²) >= 11 is 1.70. The van der Waals surface area contributed by atoms with E-state index >= 15 is 0 Å². The maximum absolute atomic E-state index is 13.0. The van der Waals surface area contributed by atoms with Gasteiger partial charge < -0.3 is 10.6 Å². The first kappa shape index (κ1) is 20.7. The number of hydrogen-bond donors (Lipinski definition) is 1. The fraction of sp³-hybridized carbons (Fsp3) is 0.750. The van der Waals surface area contributed by atoms with E-state index in [1.807, 2.05) is 6.92 Å². The summed E-state index contributed by atoms with van der Waals surface area (Å²) in [6, 6.07) is 0.198. The largest absolute Gasteiger partial charge is 0.333 e. The highest BCUT2D eigenvalue weighted by Crippen LogP contribution is 2.38. The summed E-state index contributed by atoms with van der Waals surface area (Å²) in [5, 5.41) is 3.20. The van der Waals surface area contributed by atoms with Crippen molar-refractivity contribution in [3.63, 3.8) is 0 Å². The average molecular weight is 380 g/mol. The zero-order valence-corrected chi connectivity index (χ0v) is 16.0. The van der Waals surface area contributed by atoms with Crippen molar-refractivity contribution >= 4 is 42.1 Å². The third kappa shape index (κ3) is 4.38. The van der Waals surface area contributed by atoms with Gasteiger partial charge in [0, 0.05) is 23.5 Å². The molecule has 1 saturated heterocycles. The van der Waals surface area contributed by atoms with Gasteiger partial charge in [0.1, 0.15) is 5.01 Å². The van der Waals surface area contributed by atoms with Crippen LogP contribution in [-0.4, -0.2) is 28.9 Å². The second-order valence-corrected chi connectivity index (χ2v) is 7.29. The van der Waals surface area contributed by atoms with Crippen LogP contribution in [0.2, 0.25) is 0 Å². The van der Waals surface area contributed by atoms with Gasteiger partial charge in [-0.25, -0.2) is 4.98 Å². The highest BCUT2D eigenvalue weighted by molar-refractivity contribution is 7.09. The molecular formula is C16H27Cl2N3OS. The number of nitrogens with two attached hydrogens (primary N) is 1. The highest BCUT2D eigenvalue weighted by Gasteiger charge is 2.38. The minimum Gasteiger partial charge on any atom is -0.333 e. The van der Waals surface area contributed by atoms with Gasteiger partial charge in [0.2, 0.25) is 5.91 Å². The van der Waals surface area contributed by atoms with E-state index in [4.69, 9.17) is 5.73 Å². The lowest BCUT2D eigenvalue weighted by Crippen LogP contribution is -2.43. The summed E-state index contributed by atoms with van der Waals surface area (Å²) in [5.41, 5.74) is 6.92. The Kier molecular flexibility index (Phi) is 8.28. The Balaban J connectivity index is 0.00000132. The molecule has 0 bridgehead atoms. The lowest BCUT2D eigenvalue weighted by Gasteiger charge is -2.37. The van der Waals surface area contributed by atoms with Crippen molar-refractivity contribution in [1.82, 2.24) is 9.88 Å². The first-order valence-corrected chi connectivity index (χ1v) is 9.01. The Hall–Kier alpha value is -0.360. The number of likely N-dealkylation sites (tertiary alicyclic amines) is 1. The van der Waals surface area contributed by atoms with E-state index in [2.05, 4.69) is 15.3 Å². The number of piperidine rings is 1. The predicted molar refractivity (Wildman–Crippen MR) is 99.5 cm³/mol. The number of rotatable bonds is 3. The summed E-state index contributed by atoms with van der Waals surface area (Å²) in [4.78, 5) is 19.8. The number of hydrogen-bond acceptors (Lipinski definition) is 4. The maximum Gasteiger partial charge on any atom is 0.226 e. The van der Waals surface area contributed by atoms with Crippen molar-refractivity contribution in [3.8, 4) is 0 Å². The van der Waals surface area contributed by atoms with Gasteiger partial charge in [0.15, 0.2) is 0 Å². The van der Waals surface area contributed by atoms with Crippen LogP contribution in [-0.2, 0) is 4.79 Å². The molecule has 132 valence electrons. The molecule has 0 aromatic carbocycles. The second-order valence-electron chi connectivity index (χ2n) is 6.40. The van der Waals surface area contributed by atoms with E-state index in [-0.39, 0.29) is 36.8 Å². The molecule has 3 atom stereocenters. The summed E-state index contributed by atoms with van der Waals surface area (Å²) in [6.45, 7) is 3.55. The SMILES string of the molecule is Cc1csc(C2CCCCN2C(=O)[C@@H]2CCC[C@@H]2CN)n1.Cl.Cl. The van der Waals surface area contributed by atoms with E-state index in [1.165, 1.54) is 6.42 Å². The van der Waals surface area contributed by atoms with Crippen LogP contribution in [0.3, 0.4) is 0 Å². The van der Waals surface area contributed by atoms with Gasteiger partial charge in [-0.15, -0.1) is 36.2 Å². The van der Waals surface area contributed by atoms with Crippen LogP contribution in [0.5, 0.6) is 0 Å². The molecular weight excluding hydrogens is 353 g/mol. The first-order chi connectivity index (χ1) is 10.2. The summed E-state index contributed by atoms with van der Waals surface area (Å²) < 4.78 is 0. The van der Waals surface area contributed by atoms with Crippen molar-refractivity contribution < 1.29 is 4.79 Å². The number of nitrogens with zero attached hydrogens (tertiary/aromatic N) is 2. The molecule has 2 heterocycles. The molecule has 3 rings (SSSR count). The summed E-state index contributed by atoms with van der Waals surface area (Å²) in [5.74, 6) is 0.871. The standard InChI is InChI=1S/C16H25N3OS.2ClH/c1-11-10-21-15(18-11)14-7-2-3-8-19(14)16(20)13-6-4-5-12(13)9-17;;/h10,12-14H,2-9,17H2,1H3;2*1H/t12-,13-,14?;;/m1../s1. The van der Waals surface area contributed by atoms with Gasteiger partial charge in [-0.1, -0.05) is 6.42 Å². The van der Waals surface area contributed by atoms with Crippen LogP contribution in [0.25, 0.3) is 0 Å². The van der Waals surface area contributed by atoms with Crippen LogP contribution in [0, 0.1) is 18.8 Å². The van der Waals surface area contributed by atoms with E-state index in [9.17, 15) is 4.79 Å². The first-order valence-electron chi connectivity index (χ1n) is 8.13. The lowest BCUT2D eigenvalue weighted by molar-refractivity contribution is -0.140. The topological polar surface area (TPSA) is 59.2 Å². The number of halogens is 2. The Morgan fingerprint density at radius 2 is 2.09 bits per heavy atom. The molecule has 7 heteroatoms. The monoisotopic (exact) mass is 379 g/mol. The van der Waals surface area contributed by atoms with Gasteiger partial charge in [0.25, 0.3) is 0 Å². The number of aryl methyl sites for hydroxylation is 1. The number of aromatic nitrogens is 1. The summed E-state index contributed by atoms with van der Waals surface area (Å²) in [7, 11) is 0. The predicted octanol–water partition coefficient (Wildman–Crippen LogP) is 3.72. The number of carbonyl (C=O) groups excluding carboxylic acids is 1. The van der Waals surface area contributed by atoms with Gasteiger partial charge in [-0.2, -0.15) is 0 Å². The molecule has 2 aliphatic rings. The van der Waals surface area contributed by atoms with Crippen LogP contribution in [0.15, 0.2) is 5.38 Å². The number of thiazole rings is 1. The molecule has 1 saturated carbocycles. The van der Waals surface area contributed by atoms with Crippen LogP contribution in [0.4, 0.5) is 0 Å². The molecule has 1 aromatic rings. The van der Waals surface area contributed by atoms with Gasteiger partial charge in [-0.05, 0) is 51.5 Å². The van der Waals surface area contributed by atoms with E-state index in [0.717, 1.165) is 49.4 Å². The molecule has 1 aromatic heterocycles. The molecule has 1 aliphatic carbocycles. The van der Waals surface area contributed by atoms with Gasteiger partial charge in [0.05, 0.1) is 6.04 Å². The van der Waals surface area contributed by atoms with Gasteiger partial charge in [-0.3, -0.25) is 4.79 Å². The minimum absolute atomic E-state index is 0. The maximum atomic E-state index is 13.0. The van der Waals surface area contributed by atoms with Crippen LogP contribution >= 0.6 is 36.2 Å². The molecule has 4 nitrogen and oxygen atoms in total. The Bertz CT molecular complexity index is 511. The minimum atomic E-state index is 0. The Morgan fingerprint density at radius 1 is 1.30 bits per heavy atom. The summed E-state index contributed by atoms with van der Waals surface area (Å²) in [6.07, 6.45) is 6.64. The molecule has 0 radical (unpaired) electrons. The molecule has 1 unspecified atom stereocenters. The normalized spacial score (nSPS) is 27.2. The molecule has 2 fully saturated rings. The van der Waals surface area contributed by atoms with Gasteiger partial charge >= 0.3 is 0 Å². The zero-order chi connectivity index (χ0) is 14.8. The Labute approximate surface area is 155 Å². The van der Waals surface area contributed by atoms with Crippen molar-refractivity contribution in [2.75, 3.05) is 13.1 Å². The molecule has 1 amide bonds. The highest BCUT2D eigenvalue weighted by atomic mass is 35.5. The van der Waals surface area contributed by atoms with Crippen LogP contribution in [0.1, 0.15) is 55.3 Å². The average Bonchev–Trinajstić information content (AvgIpc) is 3.15. The van der Waals surface area contributed by atoms with E-state index in [0.29, 0.717) is 18.4 Å². The molecule has 23 heavy (non-hydrogen) atoms. The van der Waals surface area contributed by atoms with Crippen molar-refractivity contribution in [2.45, 2.75) is 51.5 Å². The number of carbonyl (C=O) groups is 1. The quantitative estimate of drug-likeness (QED) is 0.869. The fourth-order valence-corrected chi connectivity index (χ4v) is 4.78. The Morgan fingerprint density at radius 3 is 2.74 bits per heavy atom. The fourth-order valence-electron chi connectivity index (χ4n) is 3.83. The molecule has 0 spiro atoms. The lowest BCUT2D eigenvalue weighted by atomic mass is 9.92. The van der Waals surface area contributed by atoms with E-state index < -0.39 is 0 Å². The smallest absolute Gasteiger partial charge is 0.226 e. The third-order valence-corrected chi connectivity index (χ3v) is 6.05. The van der Waals surface area contributed by atoms with Crippen LogP contribution < -0.4 is 5.73 Å². The molecule has 2 N–H and O–H groups in total. The van der Waals surface area contributed by atoms with Crippen molar-refractivity contribution in [2.24, 2.45) is 17.6 Å². The van der Waals surface area contributed by atoms with Crippen molar-refractivity contribution in [3.05, 3.63) is 16.1 Å². The zero-order valence-electron chi connectivity index (χ0n) is 13.6. The number of amides is 1. The second kappa shape index (κ2) is 9.21. The third-order valence-electron chi connectivity index (χ3n) is 4.99. The van der Waals surface area contributed by atoms with Crippen molar-refractivity contribution in [1.29, 1.82) is 0 Å². The van der Waals surface area contributed by atoms with E-state index in [1.54, 1.807) is 11.3 Å².